The molecule has 0 atom stereocenters. The number of aromatic amines is 2. The first-order valence-corrected chi connectivity index (χ1v) is 7.25. The van der Waals surface area contributed by atoms with E-state index >= 15 is 0 Å². The van der Waals surface area contributed by atoms with Gasteiger partial charge in [-0.15, -0.1) is 11.8 Å². The molecule has 7 nitrogen and oxygen atoms in total. The maximum atomic E-state index is 12.2. The number of rotatable bonds is 5. The lowest BCUT2D eigenvalue weighted by Gasteiger charge is -2.09. The topological polar surface area (TPSA) is 104 Å². The lowest BCUT2D eigenvalue weighted by Crippen LogP contribution is -2.29. The summed E-state index contributed by atoms with van der Waals surface area (Å²) in [5.74, 6) is 0.564. The van der Waals surface area contributed by atoms with Crippen LogP contribution in [0.15, 0.2) is 22.2 Å². The monoisotopic (exact) mass is 293 g/mol. The van der Waals surface area contributed by atoms with Crippen LogP contribution in [-0.4, -0.2) is 38.6 Å². The van der Waals surface area contributed by atoms with Crippen LogP contribution in [0.5, 0.6) is 0 Å². The minimum atomic E-state index is -0.445. The summed E-state index contributed by atoms with van der Waals surface area (Å²) in [7, 11) is 0. The fourth-order valence-electron chi connectivity index (χ4n) is 1.79. The second-order valence-electron chi connectivity index (χ2n) is 4.09. The van der Waals surface area contributed by atoms with Crippen molar-refractivity contribution in [1.29, 1.82) is 0 Å². The summed E-state index contributed by atoms with van der Waals surface area (Å²) in [6, 6.07) is 0. The van der Waals surface area contributed by atoms with E-state index in [-0.39, 0.29) is 5.91 Å². The van der Waals surface area contributed by atoms with Gasteiger partial charge in [-0.3, -0.25) is 4.79 Å². The zero-order valence-corrected chi connectivity index (χ0v) is 12.0. The van der Waals surface area contributed by atoms with Crippen LogP contribution in [0.2, 0.25) is 0 Å². The molecular weight excluding hydrogens is 278 g/mol. The van der Waals surface area contributed by atoms with E-state index in [4.69, 9.17) is 0 Å². The largest absolute Gasteiger partial charge is 0.351 e. The third kappa shape index (κ3) is 3.27. The first-order valence-electron chi connectivity index (χ1n) is 6.03. The van der Waals surface area contributed by atoms with E-state index in [0.29, 0.717) is 29.2 Å². The van der Waals surface area contributed by atoms with Gasteiger partial charge in [0, 0.05) is 31.1 Å². The van der Waals surface area contributed by atoms with Gasteiger partial charge < -0.3 is 15.3 Å². The number of hydrogen-bond donors (Lipinski definition) is 3. The smallest absolute Gasteiger partial charge is 0.346 e. The molecule has 0 aliphatic heterocycles. The van der Waals surface area contributed by atoms with E-state index < -0.39 is 5.69 Å². The molecule has 1 amide bonds. The summed E-state index contributed by atoms with van der Waals surface area (Å²) in [6.07, 6.45) is 5.79. The average molecular weight is 293 g/mol. The zero-order valence-electron chi connectivity index (χ0n) is 11.2. The molecule has 0 unspecified atom stereocenters. The number of nitrogens with one attached hydrogen (secondary N) is 3. The van der Waals surface area contributed by atoms with Crippen LogP contribution in [0.25, 0.3) is 0 Å². The van der Waals surface area contributed by atoms with Crippen molar-refractivity contribution in [3.63, 3.8) is 0 Å². The molecular formula is C12H15N5O2S. The van der Waals surface area contributed by atoms with E-state index in [0.717, 1.165) is 5.82 Å². The first-order chi connectivity index (χ1) is 9.61. The molecule has 0 aliphatic rings. The molecule has 0 fully saturated rings. The van der Waals surface area contributed by atoms with Crippen LogP contribution in [-0.2, 0) is 6.42 Å². The van der Waals surface area contributed by atoms with E-state index in [1.165, 1.54) is 11.8 Å². The van der Waals surface area contributed by atoms with Crippen LogP contribution in [0.1, 0.15) is 21.9 Å². The molecule has 0 aromatic carbocycles. The van der Waals surface area contributed by atoms with Gasteiger partial charge in [0.1, 0.15) is 10.9 Å². The van der Waals surface area contributed by atoms with Gasteiger partial charge in [-0.05, 0) is 13.2 Å². The number of imidazole rings is 1. The van der Waals surface area contributed by atoms with Gasteiger partial charge in [0.15, 0.2) is 0 Å². The van der Waals surface area contributed by atoms with Gasteiger partial charge in [-0.2, -0.15) is 4.98 Å². The summed E-state index contributed by atoms with van der Waals surface area (Å²) in [6.45, 7) is 2.14. The molecule has 0 saturated heterocycles. The number of amides is 1. The molecule has 2 heterocycles. The molecule has 0 radical (unpaired) electrons. The van der Waals surface area contributed by atoms with Crippen molar-refractivity contribution in [1.82, 2.24) is 25.3 Å². The lowest BCUT2D eigenvalue weighted by atomic mass is 10.2. The third-order valence-corrected chi connectivity index (χ3v) is 3.39. The van der Waals surface area contributed by atoms with Gasteiger partial charge in [-0.25, -0.2) is 9.78 Å². The molecule has 3 N–H and O–H groups in total. The highest BCUT2D eigenvalue weighted by atomic mass is 32.2. The summed E-state index contributed by atoms with van der Waals surface area (Å²) >= 11 is 1.27. The van der Waals surface area contributed by atoms with E-state index in [1.54, 1.807) is 25.6 Å². The van der Waals surface area contributed by atoms with Crippen molar-refractivity contribution < 1.29 is 4.79 Å². The molecule has 20 heavy (non-hydrogen) atoms. The van der Waals surface area contributed by atoms with Crippen molar-refractivity contribution in [2.75, 3.05) is 12.8 Å². The number of carbonyl (C=O) groups is 1. The molecule has 0 bridgehead atoms. The molecule has 0 saturated carbocycles. The van der Waals surface area contributed by atoms with E-state index in [2.05, 4.69) is 25.3 Å². The first kappa shape index (κ1) is 14.3. The number of aromatic nitrogens is 4. The number of nitrogens with zero attached hydrogens (tertiary/aromatic N) is 2. The van der Waals surface area contributed by atoms with Crippen molar-refractivity contribution >= 4 is 17.7 Å². The Kier molecular flexibility index (Phi) is 4.57. The zero-order chi connectivity index (χ0) is 14.5. The van der Waals surface area contributed by atoms with E-state index in [9.17, 15) is 9.59 Å². The van der Waals surface area contributed by atoms with Gasteiger partial charge in [0.25, 0.3) is 5.91 Å². The quantitative estimate of drug-likeness (QED) is 0.550. The third-order valence-electron chi connectivity index (χ3n) is 2.71. The maximum Gasteiger partial charge on any atom is 0.346 e. The normalized spacial score (nSPS) is 10.5. The predicted octanol–water partition coefficient (Wildman–Crippen LogP) is 0.496. The second-order valence-corrected chi connectivity index (χ2v) is 4.89. The lowest BCUT2D eigenvalue weighted by molar-refractivity contribution is 0.0949. The molecule has 0 spiro atoms. The molecule has 106 valence electrons. The molecule has 2 aromatic heterocycles. The molecule has 0 aliphatic carbocycles. The van der Waals surface area contributed by atoms with Crippen molar-refractivity contribution in [2.24, 2.45) is 0 Å². The Bertz CT molecular complexity index is 650. The standard InChI is InChI=1S/C12H15N5O2S/c1-7-9(11(20-2)17-12(19)16-7)10(18)15-4-3-8-13-5-6-14-8/h5-6H,3-4H2,1-2H3,(H,13,14)(H,15,18)(H,16,17,19). The maximum absolute atomic E-state index is 12.2. The van der Waals surface area contributed by atoms with Gasteiger partial charge in [-0.1, -0.05) is 0 Å². The van der Waals surface area contributed by atoms with Crippen LogP contribution in [0.4, 0.5) is 0 Å². The fourth-order valence-corrected chi connectivity index (χ4v) is 2.42. The Morgan fingerprint density at radius 3 is 2.95 bits per heavy atom. The highest BCUT2D eigenvalue weighted by molar-refractivity contribution is 7.98. The van der Waals surface area contributed by atoms with Crippen molar-refractivity contribution in [3.8, 4) is 0 Å². The van der Waals surface area contributed by atoms with Crippen LogP contribution < -0.4 is 11.0 Å². The number of thioether (sulfide) groups is 1. The van der Waals surface area contributed by atoms with Crippen molar-refractivity contribution in [2.45, 2.75) is 18.4 Å². The van der Waals surface area contributed by atoms with Crippen LogP contribution in [0.3, 0.4) is 0 Å². The summed E-state index contributed by atoms with van der Waals surface area (Å²) in [5, 5.41) is 3.23. The average Bonchev–Trinajstić information content (AvgIpc) is 2.90. The fraction of sp³-hybridized carbons (Fsp3) is 0.333. The summed E-state index contributed by atoms with van der Waals surface area (Å²) in [4.78, 5) is 36.8. The number of carbonyl (C=O) groups excluding carboxylic acids is 1. The Morgan fingerprint density at radius 2 is 2.30 bits per heavy atom. The second kappa shape index (κ2) is 6.38. The number of aryl methyl sites for hydroxylation is 1. The molecule has 2 rings (SSSR count). The SMILES string of the molecule is CSc1nc(=O)[nH]c(C)c1C(=O)NCCc1ncc[nH]1. The number of hydrogen-bond acceptors (Lipinski definition) is 5. The summed E-state index contributed by atoms with van der Waals surface area (Å²) < 4.78 is 0. The Hall–Kier alpha value is -2.09. The minimum absolute atomic E-state index is 0.248. The van der Waals surface area contributed by atoms with Gasteiger partial charge >= 0.3 is 5.69 Å². The number of H-pyrrole nitrogens is 2. The minimum Gasteiger partial charge on any atom is -0.351 e. The molecule has 2 aromatic rings. The highest BCUT2D eigenvalue weighted by Gasteiger charge is 2.16. The Labute approximate surface area is 119 Å². The van der Waals surface area contributed by atoms with Gasteiger partial charge in [0.05, 0.1) is 5.56 Å². The van der Waals surface area contributed by atoms with Crippen molar-refractivity contribution in [3.05, 3.63) is 40.0 Å². The van der Waals surface area contributed by atoms with E-state index in [1.807, 2.05) is 0 Å². The Morgan fingerprint density at radius 1 is 1.50 bits per heavy atom. The Balaban J connectivity index is 2.07. The van der Waals surface area contributed by atoms with Gasteiger partial charge in [0.2, 0.25) is 0 Å². The van der Waals surface area contributed by atoms with Crippen LogP contribution in [0, 0.1) is 6.92 Å². The molecule has 8 heteroatoms. The van der Waals surface area contributed by atoms with Crippen LogP contribution >= 0.6 is 11.8 Å². The highest BCUT2D eigenvalue weighted by Crippen LogP contribution is 2.17. The predicted molar refractivity (Wildman–Crippen MR) is 76.0 cm³/mol. The summed E-state index contributed by atoms with van der Waals surface area (Å²) in [5.41, 5.74) is 0.486.